The van der Waals surface area contributed by atoms with Gasteiger partial charge in [0, 0.05) is 35.7 Å². The molecule has 7 heteroatoms. The summed E-state index contributed by atoms with van der Waals surface area (Å²) < 4.78 is 18.0. The molecule has 0 N–H and O–H groups in total. The van der Waals surface area contributed by atoms with Crippen LogP contribution in [-0.2, 0) is 14.3 Å². The zero-order valence-electron chi connectivity index (χ0n) is 26.7. The Balaban J connectivity index is 1.53. The molecular weight excluding hydrogens is 552 g/mol. The summed E-state index contributed by atoms with van der Waals surface area (Å²) in [6.45, 7) is 12.7. The van der Waals surface area contributed by atoms with Gasteiger partial charge in [0.05, 0.1) is 18.2 Å². The summed E-state index contributed by atoms with van der Waals surface area (Å²) in [6.07, 6.45) is 1.01. The molecule has 0 radical (unpaired) electrons. The van der Waals surface area contributed by atoms with E-state index in [-0.39, 0.29) is 23.9 Å². The molecule has 3 aromatic rings. The summed E-state index contributed by atoms with van der Waals surface area (Å²) in [4.78, 5) is 33.8. The highest BCUT2D eigenvalue weighted by molar-refractivity contribution is 6.14. The monoisotopic (exact) mass is 596 g/mol. The molecule has 0 aliphatic carbocycles. The van der Waals surface area contributed by atoms with Crippen molar-refractivity contribution in [3.63, 3.8) is 0 Å². The Morgan fingerprint density at radius 1 is 0.818 bits per heavy atom. The predicted octanol–water partition coefficient (Wildman–Crippen LogP) is 7.94. The molecule has 44 heavy (non-hydrogen) atoms. The van der Waals surface area contributed by atoms with Crippen molar-refractivity contribution < 1.29 is 23.8 Å². The Bertz CT molecular complexity index is 1450. The first-order chi connectivity index (χ1) is 20.9. The maximum Gasteiger partial charge on any atom is 0.410 e. The fourth-order valence-corrected chi connectivity index (χ4v) is 6.13. The molecule has 3 atom stereocenters. The number of fused-ring (bicyclic) bond motifs is 1. The minimum absolute atomic E-state index is 0.0790. The first-order valence-electron chi connectivity index (χ1n) is 15.6. The summed E-state index contributed by atoms with van der Waals surface area (Å²) in [5, 5.41) is 0. The van der Waals surface area contributed by atoms with Crippen LogP contribution < -0.4 is 4.74 Å². The highest BCUT2D eigenvalue weighted by Crippen LogP contribution is 2.47. The van der Waals surface area contributed by atoms with E-state index < -0.39 is 17.1 Å². The molecule has 1 saturated heterocycles. The van der Waals surface area contributed by atoms with Crippen molar-refractivity contribution in [3.05, 3.63) is 95.6 Å². The molecule has 2 aliphatic rings. The number of esters is 1. The molecule has 1 amide bonds. The van der Waals surface area contributed by atoms with Gasteiger partial charge in [0.2, 0.25) is 0 Å². The van der Waals surface area contributed by atoms with E-state index in [1.165, 1.54) is 0 Å². The number of likely N-dealkylation sites (tertiary alicyclic amines) is 1. The number of para-hydroxylation sites is 1. The van der Waals surface area contributed by atoms with E-state index in [1.54, 1.807) is 4.90 Å². The van der Waals surface area contributed by atoms with Gasteiger partial charge < -0.3 is 19.1 Å². The topological polar surface area (TPSA) is 77.4 Å². The largest absolute Gasteiger partial charge is 0.491 e. The number of carbonyl (C=O) groups is 2. The van der Waals surface area contributed by atoms with Gasteiger partial charge in [-0.15, -0.1) is 0 Å². The van der Waals surface area contributed by atoms with Crippen LogP contribution in [-0.4, -0.2) is 53.6 Å². The molecule has 2 heterocycles. The number of amides is 1. The number of aliphatic imine (C=N–C) groups is 1. The van der Waals surface area contributed by atoms with Crippen molar-refractivity contribution in [2.24, 2.45) is 16.8 Å². The van der Waals surface area contributed by atoms with Gasteiger partial charge in [0.25, 0.3) is 0 Å². The standard InChI is InChI=1S/C37H44N2O5/c1-36(2,3)43-34(40)31(27-20-22-39(24-27)35(41)44-37(4,5)6)28-21-23-42-33-29(28)18-13-19-30(33)38-32(25-14-9-7-10-15-25)26-16-11-8-12-17-26/h7-19,27-28,31H,20-24H2,1-6H3/t27-,28?,31?/m0/s1. The van der Waals surface area contributed by atoms with Crippen LogP contribution in [0.1, 0.15) is 77.0 Å². The minimum Gasteiger partial charge on any atom is -0.491 e. The van der Waals surface area contributed by atoms with Crippen LogP contribution in [0.5, 0.6) is 5.75 Å². The Morgan fingerprint density at radius 2 is 1.43 bits per heavy atom. The van der Waals surface area contributed by atoms with E-state index in [0.29, 0.717) is 38.3 Å². The summed E-state index contributed by atoms with van der Waals surface area (Å²) in [5.74, 6) is -0.224. The zero-order chi connectivity index (χ0) is 31.5. The third-order valence-corrected chi connectivity index (χ3v) is 7.92. The van der Waals surface area contributed by atoms with Crippen molar-refractivity contribution in [3.8, 4) is 5.75 Å². The number of nitrogens with zero attached hydrogens (tertiary/aromatic N) is 2. The van der Waals surface area contributed by atoms with Crippen LogP contribution in [0.25, 0.3) is 0 Å². The van der Waals surface area contributed by atoms with E-state index in [4.69, 9.17) is 19.2 Å². The van der Waals surface area contributed by atoms with Gasteiger partial charge >= 0.3 is 12.1 Å². The maximum absolute atomic E-state index is 14.0. The van der Waals surface area contributed by atoms with Crippen molar-refractivity contribution in [2.75, 3.05) is 19.7 Å². The average Bonchev–Trinajstić information content (AvgIpc) is 3.45. The molecule has 0 saturated carbocycles. The summed E-state index contributed by atoms with van der Waals surface area (Å²) in [6, 6.07) is 26.2. The quantitative estimate of drug-likeness (QED) is 0.213. The van der Waals surface area contributed by atoms with Crippen LogP contribution >= 0.6 is 0 Å². The molecule has 2 unspecified atom stereocenters. The number of carbonyl (C=O) groups excluding carboxylic acids is 2. The fourth-order valence-electron chi connectivity index (χ4n) is 6.13. The zero-order valence-corrected chi connectivity index (χ0v) is 26.7. The summed E-state index contributed by atoms with van der Waals surface area (Å²) in [5.41, 5.74) is 3.29. The summed E-state index contributed by atoms with van der Waals surface area (Å²) >= 11 is 0. The highest BCUT2D eigenvalue weighted by atomic mass is 16.6. The smallest absolute Gasteiger partial charge is 0.410 e. The third kappa shape index (κ3) is 7.50. The number of ether oxygens (including phenoxy) is 3. The molecule has 1 fully saturated rings. The van der Waals surface area contributed by atoms with Gasteiger partial charge in [-0.05, 0) is 66.4 Å². The molecule has 2 aliphatic heterocycles. The van der Waals surface area contributed by atoms with E-state index in [0.717, 1.165) is 28.1 Å². The molecule has 0 spiro atoms. The SMILES string of the molecule is CC(C)(C)OC(=O)C(C1CCOc2c(N=C(c3ccccc3)c3ccccc3)cccc21)[C@H]1CCN(C(=O)OC(C)(C)C)C1. The van der Waals surface area contributed by atoms with Gasteiger partial charge in [0.15, 0.2) is 0 Å². The Kier molecular flexibility index (Phi) is 9.14. The average molecular weight is 597 g/mol. The van der Waals surface area contributed by atoms with Crippen molar-refractivity contribution in [1.82, 2.24) is 4.90 Å². The van der Waals surface area contributed by atoms with Gasteiger partial charge in [-0.2, -0.15) is 0 Å². The van der Waals surface area contributed by atoms with Crippen molar-refractivity contribution in [1.29, 1.82) is 0 Å². The first kappa shape index (κ1) is 31.3. The van der Waals surface area contributed by atoms with E-state index in [9.17, 15) is 9.59 Å². The lowest BCUT2D eigenvalue weighted by Gasteiger charge is -2.36. The first-order valence-corrected chi connectivity index (χ1v) is 15.6. The summed E-state index contributed by atoms with van der Waals surface area (Å²) in [7, 11) is 0. The second kappa shape index (κ2) is 12.8. The Morgan fingerprint density at radius 3 is 2.02 bits per heavy atom. The van der Waals surface area contributed by atoms with Gasteiger partial charge in [-0.25, -0.2) is 9.79 Å². The van der Waals surface area contributed by atoms with E-state index in [1.807, 2.05) is 96.1 Å². The molecule has 7 nitrogen and oxygen atoms in total. The minimum atomic E-state index is -0.640. The molecular formula is C37H44N2O5. The van der Waals surface area contributed by atoms with Crippen LogP contribution in [0.15, 0.2) is 83.9 Å². The molecule has 3 aromatic carbocycles. The van der Waals surface area contributed by atoms with Crippen LogP contribution in [0.3, 0.4) is 0 Å². The molecule has 232 valence electrons. The predicted molar refractivity (Wildman–Crippen MR) is 173 cm³/mol. The molecule has 0 aromatic heterocycles. The van der Waals surface area contributed by atoms with Crippen LogP contribution in [0, 0.1) is 11.8 Å². The number of hydrogen-bond acceptors (Lipinski definition) is 6. The normalized spacial score (nSPS) is 18.9. The highest BCUT2D eigenvalue weighted by Gasteiger charge is 2.45. The van der Waals surface area contributed by atoms with E-state index >= 15 is 0 Å². The van der Waals surface area contributed by atoms with Crippen LogP contribution in [0.2, 0.25) is 0 Å². The number of hydrogen-bond donors (Lipinski definition) is 0. The second-order valence-electron chi connectivity index (χ2n) is 13.7. The van der Waals surface area contributed by atoms with Gasteiger partial charge in [-0.3, -0.25) is 4.79 Å². The van der Waals surface area contributed by atoms with Gasteiger partial charge in [-0.1, -0.05) is 72.8 Å². The van der Waals surface area contributed by atoms with E-state index in [2.05, 4.69) is 24.3 Å². The van der Waals surface area contributed by atoms with Crippen molar-refractivity contribution in [2.45, 2.75) is 71.5 Å². The Labute approximate surface area is 261 Å². The lowest BCUT2D eigenvalue weighted by atomic mass is 9.74. The van der Waals surface area contributed by atoms with Gasteiger partial charge in [0.1, 0.15) is 22.6 Å². The molecule has 0 bridgehead atoms. The lowest BCUT2D eigenvalue weighted by molar-refractivity contribution is -0.163. The molecule has 5 rings (SSSR count). The Hall–Kier alpha value is -4.13. The second-order valence-corrected chi connectivity index (χ2v) is 13.7. The van der Waals surface area contributed by atoms with Crippen LogP contribution in [0.4, 0.5) is 10.5 Å². The fraction of sp³-hybridized carbons (Fsp3) is 0.432. The third-order valence-electron chi connectivity index (χ3n) is 7.92. The number of rotatable bonds is 6. The number of benzene rings is 3. The maximum atomic E-state index is 14.0. The van der Waals surface area contributed by atoms with Crippen molar-refractivity contribution >= 4 is 23.5 Å². The lowest BCUT2D eigenvalue weighted by Crippen LogP contribution is -2.40.